The molecular formula is C34H41Cl2FN4O2S. The molecule has 44 heavy (non-hydrogen) atoms. The number of nitrogens with zero attached hydrogens (tertiary/aromatic N) is 3. The Balaban J connectivity index is 1.09. The van der Waals surface area contributed by atoms with Crippen molar-refractivity contribution in [2.45, 2.75) is 43.7 Å². The second-order valence-corrected chi connectivity index (χ2v) is 13.9. The third kappa shape index (κ3) is 8.47. The Morgan fingerprint density at radius 3 is 2.41 bits per heavy atom. The molecule has 2 fully saturated rings. The van der Waals surface area contributed by atoms with Gasteiger partial charge in [0.25, 0.3) is 0 Å². The van der Waals surface area contributed by atoms with Gasteiger partial charge in [0, 0.05) is 54.2 Å². The van der Waals surface area contributed by atoms with Crippen molar-refractivity contribution in [2.75, 3.05) is 51.6 Å². The molecule has 0 aromatic heterocycles. The summed E-state index contributed by atoms with van der Waals surface area (Å²) in [7, 11) is 0. The van der Waals surface area contributed by atoms with E-state index < -0.39 is 6.04 Å². The van der Waals surface area contributed by atoms with E-state index in [0.29, 0.717) is 23.1 Å². The van der Waals surface area contributed by atoms with Crippen LogP contribution >= 0.6 is 35.0 Å². The highest BCUT2D eigenvalue weighted by molar-refractivity contribution is 7.99. The molecule has 2 saturated heterocycles. The number of phenolic OH excluding ortho intramolecular Hbond substituents is 1. The van der Waals surface area contributed by atoms with Gasteiger partial charge in [0.1, 0.15) is 11.6 Å². The van der Waals surface area contributed by atoms with Crippen LogP contribution in [0.1, 0.15) is 30.9 Å². The third-order valence-electron chi connectivity index (χ3n) is 8.79. The molecule has 0 spiro atoms. The fourth-order valence-electron chi connectivity index (χ4n) is 6.32. The maximum atomic E-state index is 13.8. The molecule has 3 aromatic rings. The minimum Gasteiger partial charge on any atom is -0.508 e. The molecule has 2 heterocycles. The highest BCUT2D eigenvalue weighted by Crippen LogP contribution is 2.32. The van der Waals surface area contributed by atoms with Crippen LogP contribution in [-0.4, -0.2) is 83.3 Å². The van der Waals surface area contributed by atoms with Crippen LogP contribution in [0.3, 0.4) is 0 Å². The number of hydrogen-bond donors (Lipinski definition) is 2. The molecule has 1 atom stereocenters. The van der Waals surface area contributed by atoms with E-state index in [1.54, 1.807) is 23.9 Å². The first-order valence-electron chi connectivity index (χ1n) is 15.4. The average Bonchev–Trinajstić information content (AvgIpc) is 3.01. The van der Waals surface area contributed by atoms with Crippen molar-refractivity contribution in [3.05, 3.63) is 81.6 Å². The molecule has 2 aliphatic rings. The molecule has 5 rings (SSSR count). The molecule has 0 unspecified atom stereocenters. The molecule has 2 aliphatic heterocycles. The summed E-state index contributed by atoms with van der Waals surface area (Å²) in [6.07, 6.45) is 2.58. The zero-order valence-electron chi connectivity index (χ0n) is 25.2. The van der Waals surface area contributed by atoms with Gasteiger partial charge in [-0.2, -0.15) is 0 Å². The Morgan fingerprint density at radius 1 is 0.955 bits per heavy atom. The molecule has 0 radical (unpaired) electrons. The standard InChI is InChI=1S/C34H41Cl2FN4O2S/c1-2-44-32-21-29(37)5-3-25(32)22-40-13-15-41(16-14-40)34(43)33(38)23-7-10-39(11-8-23)12-9-24-17-27(35)4-6-31(24)26-18-28(36)20-30(42)19-26/h3-6,17-21,23,33,42H,2,7-16,22,38H2,1H3/t33-/m1/s1. The zero-order valence-corrected chi connectivity index (χ0v) is 27.5. The molecular weight excluding hydrogens is 618 g/mol. The van der Waals surface area contributed by atoms with Crippen molar-refractivity contribution in [3.63, 3.8) is 0 Å². The molecule has 0 saturated carbocycles. The van der Waals surface area contributed by atoms with Crippen molar-refractivity contribution < 1.29 is 14.3 Å². The first-order chi connectivity index (χ1) is 21.2. The van der Waals surface area contributed by atoms with Crippen LogP contribution in [-0.2, 0) is 17.8 Å². The first-order valence-corrected chi connectivity index (χ1v) is 17.1. The van der Waals surface area contributed by atoms with Gasteiger partial charge in [-0.15, -0.1) is 11.8 Å². The Labute approximate surface area is 274 Å². The lowest BCUT2D eigenvalue weighted by atomic mass is 9.88. The zero-order chi connectivity index (χ0) is 31.2. The van der Waals surface area contributed by atoms with Crippen LogP contribution in [0.4, 0.5) is 4.39 Å². The normalized spacial score (nSPS) is 17.6. The number of halogens is 3. The van der Waals surface area contributed by atoms with Crippen LogP contribution in [0.5, 0.6) is 5.75 Å². The molecule has 3 aromatic carbocycles. The number of carbonyl (C=O) groups excluding carboxylic acids is 1. The lowest BCUT2D eigenvalue weighted by Crippen LogP contribution is -2.55. The molecule has 10 heteroatoms. The molecule has 6 nitrogen and oxygen atoms in total. The lowest BCUT2D eigenvalue weighted by molar-refractivity contribution is -0.136. The Morgan fingerprint density at radius 2 is 1.70 bits per heavy atom. The van der Waals surface area contributed by atoms with Crippen LogP contribution in [0.15, 0.2) is 59.5 Å². The average molecular weight is 660 g/mol. The fourth-order valence-corrected chi connectivity index (χ4v) is 7.57. The number of likely N-dealkylation sites (tertiary alicyclic amines) is 1. The van der Waals surface area contributed by atoms with E-state index in [4.69, 9.17) is 28.9 Å². The summed E-state index contributed by atoms with van der Waals surface area (Å²) in [4.78, 5) is 21.0. The minimum absolute atomic E-state index is 0.0560. The van der Waals surface area contributed by atoms with Gasteiger partial charge in [-0.1, -0.05) is 42.3 Å². The second kappa shape index (κ2) is 15.3. The van der Waals surface area contributed by atoms with E-state index in [2.05, 4.69) is 16.7 Å². The third-order valence-corrected chi connectivity index (χ3v) is 10.2. The van der Waals surface area contributed by atoms with Crippen molar-refractivity contribution >= 4 is 40.9 Å². The smallest absolute Gasteiger partial charge is 0.239 e. The quantitative estimate of drug-likeness (QED) is 0.241. The SMILES string of the molecule is CCSc1cc(F)ccc1CN1CCN(C(=O)[C@H](N)C2CCN(CCc3cc(Cl)ccc3-c3cc(O)cc(Cl)c3)CC2)CC1. The monoisotopic (exact) mass is 658 g/mol. The van der Waals surface area contributed by atoms with E-state index in [9.17, 15) is 14.3 Å². The number of hydrogen-bond acceptors (Lipinski definition) is 6. The van der Waals surface area contributed by atoms with Crippen LogP contribution in [0, 0.1) is 11.7 Å². The summed E-state index contributed by atoms with van der Waals surface area (Å²) in [6.45, 7) is 8.37. The van der Waals surface area contributed by atoms with Gasteiger partial charge < -0.3 is 20.6 Å². The van der Waals surface area contributed by atoms with E-state index in [1.807, 2.05) is 35.2 Å². The lowest BCUT2D eigenvalue weighted by Gasteiger charge is -2.39. The maximum Gasteiger partial charge on any atom is 0.239 e. The van der Waals surface area contributed by atoms with E-state index in [0.717, 1.165) is 91.4 Å². The van der Waals surface area contributed by atoms with Gasteiger partial charge in [0.05, 0.1) is 6.04 Å². The minimum atomic E-state index is -0.483. The predicted molar refractivity (Wildman–Crippen MR) is 179 cm³/mol. The molecule has 1 amide bonds. The largest absolute Gasteiger partial charge is 0.508 e. The van der Waals surface area contributed by atoms with Crippen LogP contribution in [0.25, 0.3) is 11.1 Å². The molecule has 0 aliphatic carbocycles. The number of amides is 1. The summed E-state index contributed by atoms with van der Waals surface area (Å²) in [5, 5.41) is 11.2. The Bertz CT molecular complexity index is 1420. The number of aromatic hydroxyl groups is 1. The number of rotatable bonds is 10. The molecule has 236 valence electrons. The Kier molecular flexibility index (Phi) is 11.5. The first kappa shape index (κ1) is 33.0. The number of piperidine rings is 1. The molecule has 0 bridgehead atoms. The van der Waals surface area contributed by atoms with E-state index >= 15 is 0 Å². The second-order valence-electron chi connectivity index (χ2n) is 11.7. The van der Waals surface area contributed by atoms with Crippen molar-refractivity contribution in [1.29, 1.82) is 0 Å². The topological polar surface area (TPSA) is 73.0 Å². The number of phenols is 1. The van der Waals surface area contributed by atoms with Gasteiger partial charge in [-0.25, -0.2) is 4.39 Å². The highest BCUT2D eigenvalue weighted by atomic mass is 35.5. The highest BCUT2D eigenvalue weighted by Gasteiger charge is 2.33. The van der Waals surface area contributed by atoms with Gasteiger partial charge in [-0.3, -0.25) is 9.69 Å². The predicted octanol–water partition coefficient (Wildman–Crippen LogP) is 6.54. The molecule has 3 N–H and O–H groups in total. The van der Waals surface area contributed by atoms with E-state index in [1.165, 1.54) is 12.1 Å². The summed E-state index contributed by atoms with van der Waals surface area (Å²) in [5.41, 5.74) is 10.7. The van der Waals surface area contributed by atoms with Gasteiger partial charge in [0.15, 0.2) is 0 Å². The maximum absolute atomic E-state index is 13.8. The van der Waals surface area contributed by atoms with Crippen molar-refractivity contribution in [3.8, 4) is 16.9 Å². The fraction of sp³-hybridized carbons (Fsp3) is 0.441. The van der Waals surface area contributed by atoms with Crippen LogP contribution in [0.2, 0.25) is 10.0 Å². The number of piperazine rings is 1. The number of benzene rings is 3. The van der Waals surface area contributed by atoms with Crippen molar-refractivity contribution in [2.24, 2.45) is 11.7 Å². The van der Waals surface area contributed by atoms with Gasteiger partial charge in [-0.05, 0) is 109 Å². The van der Waals surface area contributed by atoms with Gasteiger partial charge >= 0.3 is 0 Å². The Hall–Kier alpha value is -2.33. The summed E-state index contributed by atoms with van der Waals surface area (Å²) >= 11 is 14.2. The van der Waals surface area contributed by atoms with Crippen molar-refractivity contribution in [1.82, 2.24) is 14.7 Å². The van der Waals surface area contributed by atoms with Gasteiger partial charge in [0.2, 0.25) is 5.91 Å². The number of nitrogens with two attached hydrogens (primary N) is 1. The summed E-state index contributed by atoms with van der Waals surface area (Å²) < 4.78 is 13.8. The summed E-state index contributed by atoms with van der Waals surface area (Å²) in [5.74, 6) is 1.05. The van der Waals surface area contributed by atoms with Crippen LogP contribution < -0.4 is 5.73 Å². The van der Waals surface area contributed by atoms with E-state index in [-0.39, 0.29) is 23.4 Å². The summed E-state index contributed by atoms with van der Waals surface area (Å²) in [6, 6.07) is 15.5. The number of thioether (sulfide) groups is 1. The number of carbonyl (C=O) groups is 1.